The van der Waals surface area contributed by atoms with E-state index in [1.807, 2.05) is 17.0 Å². The molecule has 154 valence electrons. The van der Waals surface area contributed by atoms with E-state index in [0.29, 0.717) is 18.9 Å². The van der Waals surface area contributed by atoms with Crippen molar-refractivity contribution in [2.45, 2.75) is 37.8 Å². The van der Waals surface area contributed by atoms with Gasteiger partial charge in [0, 0.05) is 24.4 Å². The van der Waals surface area contributed by atoms with E-state index in [-0.39, 0.29) is 36.3 Å². The zero-order valence-corrected chi connectivity index (χ0v) is 18.2. The van der Waals surface area contributed by atoms with E-state index in [1.54, 1.807) is 24.3 Å². The molecular formula is C19H26Cl2N4O2S. The quantitative estimate of drug-likeness (QED) is 0.741. The molecule has 0 saturated carbocycles. The number of nitrogens with zero attached hydrogens (tertiary/aromatic N) is 2. The molecule has 4 rings (SSSR count). The summed E-state index contributed by atoms with van der Waals surface area (Å²) in [5.41, 5.74) is 13.5. The minimum absolute atomic E-state index is 0. The first kappa shape index (κ1) is 22.9. The lowest BCUT2D eigenvalue weighted by atomic mass is 9.82. The molecule has 1 spiro atoms. The molecule has 2 aromatic heterocycles. The zero-order valence-electron chi connectivity index (χ0n) is 15.7. The minimum Gasteiger partial charge on any atom is -0.384 e. The van der Waals surface area contributed by atoms with Crippen LogP contribution in [-0.4, -0.2) is 41.5 Å². The van der Waals surface area contributed by atoms with E-state index < -0.39 is 6.04 Å². The van der Waals surface area contributed by atoms with Gasteiger partial charge in [-0.2, -0.15) is 0 Å². The largest absolute Gasteiger partial charge is 0.384 e. The summed E-state index contributed by atoms with van der Waals surface area (Å²) in [5, 5.41) is 0. The number of carbonyl (C=O) groups is 1. The van der Waals surface area contributed by atoms with Crippen LogP contribution in [0.5, 0.6) is 0 Å². The van der Waals surface area contributed by atoms with Gasteiger partial charge in [-0.15, -0.1) is 36.2 Å². The Labute approximate surface area is 181 Å². The highest BCUT2D eigenvalue weighted by molar-refractivity contribution is 7.15. The molecule has 1 atom stereocenters. The molecule has 0 radical (unpaired) electrons. The van der Waals surface area contributed by atoms with Gasteiger partial charge < -0.3 is 21.1 Å². The summed E-state index contributed by atoms with van der Waals surface area (Å²) >= 11 is 1.78. The Morgan fingerprint density at radius 3 is 2.68 bits per heavy atom. The average molecular weight is 445 g/mol. The van der Waals surface area contributed by atoms with Gasteiger partial charge in [0.1, 0.15) is 5.82 Å². The molecule has 1 amide bonds. The number of rotatable bonds is 2. The van der Waals surface area contributed by atoms with Crippen molar-refractivity contribution < 1.29 is 9.53 Å². The first-order chi connectivity index (χ1) is 12.5. The van der Waals surface area contributed by atoms with Gasteiger partial charge in [-0.05, 0) is 43.5 Å². The van der Waals surface area contributed by atoms with Crippen LogP contribution in [0.3, 0.4) is 0 Å². The molecule has 2 aromatic rings. The second kappa shape index (κ2) is 8.97. The van der Waals surface area contributed by atoms with Crippen LogP contribution >= 0.6 is 36.2 Å². The predicted octanol–water partition coefficient (Wildman–Crippen LogP) is 2.97. The number of hydrogen-bond acceptors (Lipinski definition) is 6. The van der Waals surface area contributed by atoms with Crippen LogP contribution in [0, 0.1) is 0 Å². The fourth-order valence-corrected chi connectivity index (χ4v) is 5.12. The highest BCUT2D eigenvalue weighted by Gasteiger charge is 2.43. The lowest BCUT2D eigenvalue weighted by molar-refractivity contribution is -0.141. The smallest absolute Gasteiger partial charge is 0.239 e. The molecule has 28 heavy (non-hydrogen) atoms. The number of nitrogens with two attached hydrogens (primary N) is 2. The number of thiophene rings is 1. The molecule has 6 nitrogen and oxygen atoms in total. The summed E-state index contributed by atoms with van der Waals surface area (Å²) in [4.78, 5) is 21.0. The predicted molar refractivity (Wildman–Crippen MR) is 117 cm³/mol. The number of carbonyl (C=O) groups excluding carboxylic acids is 1. The van der Waals surface area contributed by atoms with E-state index in [9.17, 15) is 4.79 Å². The first-order valence-electron chi connectivity index (χ1n) is 9.03. The summed E-state index contributed by atoms with van der Waals surface area (Å²) in [6.07, 6.45) is 2.53. The van der Waals surface area contributed by atoms with Crippen LogP contribution in [0.2, 0.25) is 0 Å². The Kier molecular flexibility index (Phi) is 7.33. The van der Waals surface area contributed by atoms with Gasteiger partial charge in [-0.3, -0.25) is 4.79 Å². The average Bonchev–Trinajstić information content (AvgIpc) is 3.08. The number of hydrogen-bond donors (Lipinski definition) is 2. The summed E-state index contributed by atoms with van der Waals surface area (Å²) in [6.45, 7) is 3.83. The molecule has 0 bridgehead atoms. The highest BCUT2D eigenvalue weighted by Crippen LogP contribution is 2.46. The topological polar surface area (TPSA) is 94.5 Å². The standard InChI is InChI=1S/C19H24N4O2S.2ClH/c1-12(20)18(24)23-8-6-19(7-9-23)13-11-16(26-15(13)5-10-25-19)14-3-2-4-17(21)22-14;;/h2-4,11-12H,5-10,20H2,1H3,(H2,21,22);2*1H. The summed E-state index contributed by atoms with van der Waals surface area (Å²) in [7, 11) is 0. The maximum atomic E-state index is 12.2. The van der Waals surface area contributed by atoms with Crippen LogP contribution < -0.4 is 11.5 Å². The van der Waals surface area contributed by atoms with Crippen LogP contribution in [0.4, 0.5) is 5.82 Å². The normalized spacial score (nSPS) is 18.6. The van der Waals surface area contributed by atoms with Gasteiger partial charge in [-0.1, -0.05) is 6.07 Å². The van der Waals surface area contributed by atoms with E-state index in [4.69, 9.17) is 16.2 Å². The summed E-state index contributed by atoms with van der Waals surface area (Å²) in [5.74, 6) is 0.549. The molecule has 1 fully saturated rings. The SMILES string of the molecule is CC(N)C(=O)N1CCC2(CC1)OCCc1sc(-c3cccc(N)n3)cc12.Cl.Cl. The second-order valence-corrected chi connectivity index (χ2v) is 8.24. The van der Waals surface area contributed by atoms with Crippen LogP contribution in [-0.2, 0) is 21.6 Å². The number of pyridine rings is 1. The van der Waals surface area contributed by atoms with E-state index in [0.717, 1.165) is 36.4 Å². The molecule has 9 heteroatoms. The molecule has 0 aromatic carbocycles. The van der Waals surface area contributed by atoms with Crippen LogP contribution in [0.25, 0.3) is 10.6 Å². The second-order valence-electron chi connectivity index (χ2n) is 7.10. The van der Waals surface area contributed by atoms with Crippen molar-refractivity contribution in [1.29, 1.82) is 0 Å². The molecule has 2 aliphatic rings. The number of fused-ring (bicyclic) bond motifs is 2. The summed E-state index contributed by atoms with van der Waals surface area (Å²) in [6, 6.07) is 7.48. The van der Waals surface area contributed by atoms with Crippen molar-refractivity contribution in [2.75, 3.05) is 25.4 Å². The first-order valence-corrected chi connectivity index (χ1v) is 9.85. The van der Waals surface area contributed by atoms with Gasteiger partial charge in [0.2, 0.25) is 5.91 Å². The van der Waals surface area contributed by atoms with Gasteiger partial charge in [0.25, 0.3) is 0 Å². The Bertz CT molecular complexity index is 835. The number of amides is 1. The Morgan fingerprint density at radius 2 is 2.04 bits per heavy atom. The van der Waals surface area contributed by atoms with Crippen LogP contribution in [0.15, 0.2) is 24.3 Å². The van der Waals surface area contributed by atoms with Crippen molar-refractivity contribution in [1.82, 2.24) is 9.88 Å². The molecule has 2 aliphatic heterocycles. The van der Waals surface area contributed by atoms with Gasteiger partial charge in [0.05, 0.1) is 28.8 Å². The number of piperidine rings is 1. The third-order valence-corrected chi connectivity index (χ3v) is 6.52. The third-order valence-electron chi connectivity index (χ3n) is 5.30. The van der Waals surface area contributed by atoms with Crippen molar-refractivity contribution in [3.05, 3.63) is 34.7 Å². The van der Waals surface area contributed by atoms with Crippen LogP contribution in [0.1, 0.15) is 30.2 Å². The Morgan fingerprint density at radius 1 is 1.32 bits per heavy atom. The molecule has 4 heterocycles. The van der Waals surface area contributed by atoms with Crippen molar-refractivity contribution in [3.8, 4) is 10.6 Å². The van der Waals surface area contributed by atoms with E-state index >= 15 is 0 Å². The molecule has 1 saturated heterocycles. The minimum atomic E-state index is -0.450. The number of anilines is 1. The fraction of sp³-hybridized carbons (Fsp3) is 0.474. The molecular weight excluding hydrogens is 419 g/mol. The van der Waals surface area contributed by atoms with E-state index in [1.165, 1.54) is 10.4 Å². The van der Waals surface area contributed by atoms with Gasteiger partial charge in [0.15, 0.2) is 0 Å². The maximum absolute atomic E-state index is 12.2. The lowest BCUT2D eigenvalue weighted by Gasteiger charge is -2.44. The lowest BCUT2D eigenvalue weighted by Crippen LogP contribution is -2.51. The maximum Gasteiger partial charge on any atom is 0.239 e. The number of likely N-dealkylation sites (tertiary alicyclic amines) is 1. The van der Waals surface area contributed by atoms with E-state index in [2.05, 4.69) is 11.1 Å². The Hall–Kier alpha value is -1.38. The number of nitrogen functional groups attached to an aromatic ring is 1. The molecule has 1 unspecified atom stereocenters. The Balaban J connectivity index is 0.00000140. The number of ether oxygens (including phenoxy) is 1. The number of halogens is 2. The zero-order chi connectivity index (χ0) is 18.3. The molecule has 0 aliphatic carbocycles. The van der Waals surface area contributed by atoms with Crippen molar-refractivity contribution >= 4 is 47.9 Å². The summed E-state index contributed by atoms with van der Waals surface area (Å²) < 4.78 is 6.29. The molecule has 4 N–H and O–H groups in total. The van der Waals surface area contributed by atoms with Crippen molar-refractivity contribution in [3.63, 3.8) is 0 Å². The van der Waals surface area contributed by atoms with Gasteiger partial charge in [-0.25, -0.2) is 4.98 Å². The van der Waals surface area contributed by atoms with Gasteiger partial charge >= 0.3 is 0 Å². The highest BCUT2D eigenvalue weighted by atomic mass is 35.5. The van der Waals surface area contributed by atoms with Crippen molar-refractivity contribution in [2.24, 2.45) is 5.73 Å². The number of aromatic nitrogens is 1. The third kappa shape index (κ3) is 4.14. The monoisotopic (exact) mass is 444 g/mol. The fourth-order valence-electron chi connectivity index (χ4n) is 3.92.